The van der Waals surface area contributed by atoms with Gasteiger partial charge in [-0.15, -0.1) is 0 Å². The number of aliphatic hydroxyl groups excluding tert-OH is 1. The predicted octanol–water partition coefficient (Wildman–Crippen LogP) is 2.42. The van der Waals surface area contributed by atoms with Crippen LogP contribution in [0.4, 0.5) is 21.7 Å². The first-order valence-electron chi connectivity index (χ1n) is 13.0. The molecule has 2 aromatic carbocycles. The number of ether oxygens (including phenoxy) is 1. The van der Waals surface area contributed by atoms with Crippen molar-refractivity contribution in [3.05, 3.63) is 54.4 Å². The van der Waals surface area contributed by atoms with Crippen LogP contribution >= 0.6 is 0 Å². The van der Waals surface area contributed by atoms with E-state index in [0.717, 1.165) is 11.4 Å². The van der Waals surface area contributed by atoms with Crippen molar-refractivity contribution < 1.29 is 24.1 Å². The molecule has 3 N–H and O–H groups in total. The fourth-order valence-corrected chi connectivity index (χ4v) is 4.84. The van der Waals surface area contributed by atoms with Crippen LogP contribution in [0.3, 0.4) is 0 Å². The molecule has 0 aliphatic carbocycles. The molecular weight excluding hydrogens is 517 g/mol. The van der Waals surface area contributed by atoms with E-state index in [-0.39, 0.29) is 30.8 Å². The van der Waals surface area contributed by atoms with Crippen molar-refractivity contribution in [2.45, 2.75) is 44.2 Å². The van der Waals surface area contributed by atoms with Crippen molar-refractivity contribution in [3.63, 3.8) is 0 Å². The van der Waals surface area contributed by atoms with Crippen molar-refractivity contribution in [1.29, 1.82) is 5.26 Å². The molecule has 0 radical (unpaired) electrons. The van der Waals surface area contributed by atoms with Crippen molar-refractivity contribution >= 4 is 23.2 Å². The van der Waals surface area contributed by atoms with Gasteiger partial charge < -0.3 is 30.1 Å². The number of amides is 1. The normalized spacial score (nSPS) is 20.7. The van der Waals surface area contributed by atoms with E-state index in [4.69, 9.17) is 4.74 Å². The largest absolute Gasteiger partial charge is 0.486 e. The van der Waals surface area contributed by atoms with E-state index in [1.807, 2.05) is 31.2 Å². The number of carbonyl (C=O) groups excluding carboxylic acids is 1. The van der Waals surface area contributed by atoms with Gasteiger partial charge in [-0.1, -0.05) is 0 Å². The Labute approximate surface area is 230 Å². The summed E-state index contributed by atoms with van der Waals surface area (Å²) in [6, 6.07) is 14.6. The van der Waals surface area contributed by atoms with E-state index in [2.05, 4.69) is 31.2 Å². The topological polar surface area (TPSA) is 148 Å². The Morgan fingerprint density at radius 3 is 2.65 bits per heavy atom. The highest BCUT2D eigenvalue weighted by atomic mass is 19.1. The summed E-state index contributed by atoms with van der Waals surface area (Å²) in [5, 5.41) is 32.3. The predicted molar refractivity (Wildman–Crippen MR) is 145 cm³/mol. The molecule has 2 aliphatic heterocycles. The smallest absolute Gasteiger partial charge is 0.251 e. The maximum atomic E-state index is 14.8. The van der Waals surface area contributed by atoms with Crippen LogP contribution in [0.5, 0.6) is 5.75 Å². The number of nitriles is 1. The molecule has 1 unspecified atom stereocenters. The van der Waals surface area contributed by atoms with E-state index in [1.165, 1.54) is 18.2 Å². The first-order valence-corrected chi connectivity index (χ1v) is 13.0. The van der Waals surface area contributed by atoms with Gasteiger partial charge in [-0.3, -0.25) is 4.79 Å². The number of nitrogens with zero attached hydrogens (tertiary/aromatic N) is 6. The van der Waals surface area contributed by atoms with Crippen LogP contribution in [0, 0.1) is 11.3 Å². The summed E-state index contributed by atoms with van der Waals surface area (Å²) in [6.45, 7) is 4.40. The maximum Gasteiger partial charge on any atom is 0.251 e. The summed E-state index contributed by atoms with van der Waals surface area (Å²) in [6.07, 6.45) is -1.88. The second-order valence-corrected chi connectivity index (χ2v) is 10.4. The molecule has 3 atom stereocenters. The van der Waals surface area contributed by atoms with Gasteiger partial charge in [0.15, 0.2) is 12.0 Å². The Hall–Kier alpha value is -4.34. The average Bonchev–Trinajstić information content (AvgIpc) is 2.93. The third-order valence-electron chi connectivity index (χ3n) is 6.91. The number of rotatable bonds is 7. The van der Waals surface area contributed by atoms with Crippen LogP contribution in [0.25, 0.3) is 11.4 Å². The average molecular weight is 548 g/mol. The lowest BCUT2D eigenvalue weighted by molar-refractivity contribution is -0.143. The molecule has 0 spiro atoms. The van der Waals surface area contributed by atoms with Gasteiger partial charge in [-0.2, -0.15) is 10.2 Å². The summed E-state index contributed by atoms with van der Waals surface area (Å²) in [5.41, 5.74) is 1.89. The van der Waals surface area contributed by atoms with Gasteiger partial charge in [0.25, 0.3) is 5.91 Å². The summed E-state index contributed by atoms with van der Waals surface area (Å²) in [5.74, 6) is 0.370. The molecule has 40 heavy (non-hydrogen) atoms. The van der Waals surface area contributed by atoms with Crippen molar-refractivity contribution in [3.8, 4) is 23.2 Å². The zero-order valence-electron chi connectivity index (χ0n) is 22.2. The van der Waals surface area contributed by atoms with Crippen molar-refractivity contribution in [1.82, 2.24) is 19.9 Å². The van der Waals surface area contributed by atoms with E-state index in [0.29, 0.717) is 30.4 Å². The number of nitrogens with one attached hydrogen (secondary N) is 1. The van der Waals surface area contributed by atoms with Crippen molar-refractivity contribution in [2.75, 3.05) is 36.4 Å². The fraction of sp³-hybridized carbons (Fsp3) is 0.393. The van der Waals surface area contributed by atoms with Crippen LogP contribution in [0.2, 0.25) is 0 Å². The zero-order chi connectivity index (χ0) is 28.4. The number of hydrogen-bond donors (Lipinski definition) is 3. The van der Waals surface area contributed by atoms with Gasteiger partial charge in [0.2, 0.25) is 5.95 Å². The Balaban J connectivity index is 1.25. The molecule has 12 heteroatoms. The number of benzene rings is 2. The van der Waals surface area contributed by atoms with Gasteiger partial charge in [-0.05, 0) is 56.3 Å². The van der Waals surface area contributed by atoms with E-state index < -0.39 is 29.9 Å². The molecule has 208 valence electrons. The lowest BCUT2D eigenvalue weighted by atomic mass is 9.96. The standard InChI is InChI=1S/C28H30FN7O4/c1-17(37)26(38)35-10-9-24(22(29)13-35)40-23-8-3-18(11-19(23)12-30)25-31-16-32-27(34-25)33-20-4-6-21(7-5-20)36-14-28(2,39)15-36/h3-8,11,16-17,22,24,37,39H,9-10,13-15H2,1-2H3,(H,31,32,33,34)/t17?,22-,24+/m1/s1. The molecule has 11 nitrogen and oxygen atoms in total. The lowest BCUT2D eigenvalue weighted by Gasteiger charge is -2.45. The summed E-state index contributed by atoms with van der Waals surface area (Å²) < 4.78 is 20.6. The van der Waals surface area contributed by atoms with Crippen LogP contribution < -0.4 is 15.0 Å². The highest BCUT2D eigenvalue weighted by molar-refractivity contribution is 5.80. The first-order chi connectivity index (χ1) is 19.1. The molecule has 2 aliphatic rings. The number of carbonyl (C=O) groups is 1. The summed E-state index contributed by atoms with van der Waals surface area (Å²) in [4.78, 5) is 28.2. The Morgan fingerprint density at radius 2 is 2.00 bits per heavy atom. The Bertz CT molecular complexity index is 1420. The van der Waals surface area contributed by atoms with E-state index in [1.54, 1.807) is 18.2 Å². The highest BCUT2D eigenvalue weighted by Crippen LogP contribution is 2.30. The van der Waals surface area contributed by atoms with E-state index in [9.17, 15) is 24.7 Å². The number of alkyl halides is 1. The highest BCUT2D eigenvalue weighted by Gasteiger charge is 2.36. The van der Waals surface area contributed by atoms with Gasteiger partial charge in [0, 0.05) is 43.0 Å². The second-order valence-electron chi connectivity index (χ2n) is 10.4. The monoisotopic (exact) mass is 547 g/mol. The number of halogens is 1. The minimum absolute atomic E-state index is 0.182. The first kappa shape index (κ1) is 27.2. The Kier molecular flexibility index (Phi) is 7.51. The number of anilines is 3. The molecule has 2 fully saturated rings. The molecule has 3 aromatic rings. The molecule has 5 rings (SSSR count). The SMILES string of the molecule is CC(O)C(=O)N1CC[C@H](Oc2ccc(-c3ncnc(Nc4ccc(N5CC(C)(O)C5)cc4)n3)cc2C#N)[C@H](F)C1. The van der Waals surface area contributed by atoms with Gasteiger partial charge in [-0.25, -0.2) is 14.4 Å². The number of likely N-dealkylation sites (tertiary alicyclic amines) is 1. The van der Waals surface area contributed by atoms with Crippen LogP contribution in [0.15, 0.2) is 48.8 Å². The number of β-amino-alcohol motifs (C(OH)–C–C–N with tert-alkyl or cyclic N) is 1. The fourth-order valence-electron chi connectivity index (χ4n) is 4.84. The summed E-state index contributed by atoms with van der Waals surface area (Å²) >= 11 is 0. The van der Waals surface area contributed by atoms with Crippen LogP contribution in [-0.2, 0) is 4.79 Å². The second kappa shape index (κ2) is 11.0. The zero-order valence-corrected chi connectivity index (χ0v) is 22.2. The van der Waals surface area contributed by atoms with Crippen LogP contribution in [-0.4, -0.2) is 86.1 Å². The minimum Gasteiger partial charge on any atom is -0.486 e. The van der Waals surface area contributed by atoms with Gasteiger partial charge in [0.1, 0.15) is 30.4 Å². The minimum atomic E-state index is -1.46. The molecule has 1 aromatic heterocycles. The van der Waals surface area contributed by atoms with E-state index >= 15 is 0 Å². The number of hydrogen-bond acceptors (Lipinski definition) is 10. The quantitative estimate of drug-likeness (QED) is 0.403. The molecule has 1 amide bonds. The van der Waals surface area contributed by atoms with Crippen molar-refractivity contribution in [2.24, 2.45) is 0 Å². The number of piperidine rings is 1. The summed E-state index contributed by atoms with van der Waals surface area (Å²) in [7, 11) is 0. The van der Waals surface area contributed by atoms with Gasteiger partial charge in [0.05, 0.1) is 17.7 Å². The molecular formula is C28H30FN7O4. The third-order valence-corrected chi connectivity index (χ3v) is 6.91. The molecule has 2 saturated heterocycles. The maximum absolute atomic E-state index is 14.8. The number of aliphatic hydroxyl groups is 2. The van der Waals surface area contributed by atoms with Gasteiger partial charge >= 0.3 is 0 Å². The third kappa shape index (κ3) is 5.95. The molecule has 3 heterocycles. The molecule has 0 bridgehead atoms. The number of aromatic nitrogens is 3. The molecule has 0 saturated carbocycles. The Morgan fingerprint density at radius 1 is 1.25 bits per heavy atom. The lowest BCUT2D eigenvalue weighted by Crippen LogP contribution is -2.60. The van der Waals surface area contributed by atoms with Crippen LogP contribution in [0.1, 0.15) is 25.8 Å².